The summed E-state index contributed by atoms with van der Waals surface area (Å²) in [6.45, 7) is 3.85. The van der Waals surface area contributed by atoms with Gasteiger partial charge in [-0.25, -0.2) is 0 Å². The molecular weight excluding hydrogens is 346 g/mol. The molecule has 1 heterocycles. The van der Waals surface area contributed by atoms with Crippen molar-refractivity contribution in [3.05, 3.63) is 35.7 Å². The predicted octanol–water partition coefficient (Wildman–Crippen LogP) is 4.08. The number of benzene rings is 1. The van der Waals surface area contributed by atoms with Crippen molar-refractivity contribution in [3.63, 3.8) is 0 Å². The molecule has 3 rings (SSSR count). The Morgan fingerprint density at radius 3 is 2.62 bits per heavy atom. The molecule has 2 aromatic rings. The van der Waals surface area contributed by atoms with Crippen LogP contribution in [-0.4, -0.2) is 25.9 Å². The number of amides is 1. The maximum atomic E-state index is 12.5. The van der Waals surface area contributed by atoms with E-state index in [1.165, 1.54) is 31.0 Å². The van der Waals surface area contributed by atoms with Gasteiger partial charge in [-0.15, -0.1) is 10.2 Å². The predicted molar refractivity (Wildman–Crippen MR) is 102 cm³/mol. The molecular formula is C19H23N5OS. The number of nitrogens with one attached hydrogen (secondary N) is 1. The molecule has 1 N–H and O–H groups in total. The molecule has 0 aliphatic heterocycles. The number of aryl methyl sites for hydroxylation is 1. The molecule has 1 aliphatic carbocycles. The highest BCUT2D eigenvalue weighted by Gasteiger charge is 2.24. The maximum absolute atomic E-state index is 12.5. The zero-order valence-electron chi connectivity index (χ0n) is 15.1. The average molecular weight is 369 g/mol. The van der Waals surface area contributed by atoms with Gasteiger partial charge in [-0.2, -0.15) is 5.26 Å². The third-order valence-corrected chi connectivity index (χ3v) is 5.76. The van der Waals surface area contributed by atoms with Gasteiger partial charge in [-0.1, -0.05) is 31.0 Å². The number of hydrogen-bond donors (Lipinski definition) is 1. The second kappa shape index (κ2) is 8.37. The Hall–Kier alpha value is -2.33. The van der Waals surface area contributed by atoms with Crippen LogP contribution in [0, 0.1) is 18.3 Å². The number of carbonyl (C=O) groups excluding carboxylic acids is 1. The molecule has 1 fully saturated rings. The van der Waals surface area contributed by atoms with Gasteiger partial charge in [0.15, 0.2) is 5.16 Å². The molecule has 1 aromatic heterocycles. The monoisotopic (exact) mass is 369 g/mol. The lowest BCUT2D eigenvalue weighted by Crippen LogP contribution is -2.23. The summed E-state index contributed by atoms with van der Waals surface area (Å²) in [5.41, 5.74) is 1.26. The van der Waals surface area contributed by atoms with E-state index in [4.69, 9.17) is 5.26 Å². The van der Waals surface area contributed by atoms with Gasteiger partial charge in [0, 0.05) is 11.7 Å². The minimum Gasteiger partial charge on any atom is -0.325 e. The first-order valence-corrected chi connectivity index (χ1v) is 9.85. The van der Waals surface area contributed by atoms with Crippen molar-refractivity contribution in [2.45, 2.75) is 62.4 Å². The smallest absolute Gasteiger partial charge is 0.237 e. The SMILES string of the molecule is Cc1nnc(S[C@H](C)C(=O)Nc2ccc(C#N)cc2)n1C1CCCCC1. The van der Waals surface area contributed by atoms with Gasteiger partial charge in [0.05, 0.1) is 16.9 Å². The van der Waals surface area contributed by atoms with E-state index in [1.807, 2.05) is 13.8 Å². The lowest BCUT2D eigenvalue weighted by atomic mass is 9.95. The maximum Gasteiger partial charge on any atom is 0.237 e. The minimum atomic E-state index is -0.295. The van der Waals surface area contributed by atoms with Crippen molar-refractivity contribution >= 4 is 23.4 Å². The van der Waals surface area contributed by atoms with Gasteiger partial charge >= 0.3 is 0 Å². The molecule has 0 radical (unpaired) electrons. The van der Waals surface area contributed by atoms with Gasteiger partial charge in [0.25, 0.3) is 0 Å². The topological polar surface area (TPSA) is 83.6 Å². The molecule has 0 bridgehead atoms. The molecule has 0 saturated heterocycles. The van der Waals surface area contributed by atoms with Gasteiger partial charge < -0.3 is 9.88 Å². The molecule has 1 aromatic carbocycles. The number of thioether (sulfide) groups is 1. The van der Waals surface area contributed by atoms with Crippen LogP contribution in [-0.2, 0) is 4.79 Å². The highest BCUT2D eigenvalue weighted by Crippen LogP contribution is 2.33. The molecule has 0 spiro atoms. The van der Waals surface area contributed by atoms with E-state index in [9.17, 15) is 4.79 Å². The third kappa shape index (κ3) is 4.25. The van der Waals surface area contributed by atoms with Crippen molar-refractivity contribution in [2.24, 2.45) is 0 Å². The Kier molecular flexibility index (Phi) is 5.94. The van der Waals surface area contributed by atoms with Gasteiger partial charge in [0.2, 0.25) is 5.91 Å². The normalized spacial score (nSPS) is 16.0. The summed E-state index contributed by atoms with van der Waals surface area (Å²) in [5, 5.41) is 20.8. The van der Waals surface area contributed by atoms with Gasteiger partial charge in [-0.05, 0) is 51.0 Å². The molecule has 1 saturated carbocycles. The van der Waals surface area contributed by atoms with Crippen LogP contribution in [0.25, 0.3) is 0 Å². The summed E-state index contributed by atoms with van der Waals surface area (Å²) in [7, 11) is 0. The van der Waals surface area contributed by atoms with E-state index in [-0.39, 0.29) is 11.2 Å². The van der Waals surface area contributed by atoms with Crippen molar-refractivity contribution in [1.29, 1.82) is 5.26 Å². The first-order valence-electron chi connectivity index (χ1n) is 8.97. The van der Waals surface area contributed by atoms with Crippen LogP contribution in [0.3, 0.4) is 0 Å². The Labute approximate surface area is 158 Å². The van der Waals surface area contributed by atoms with E-state index < -0.39 is 0 Å². The molecule has 6 nitrogen and oxygen atoms in total. The van der Waals surface area contributed by atoms with Crippen LogP contribution in [0.4, 0.5) is 5.69 Å². The van der Waals surface area contributed by atoms with Crippen molar-refractivity contribution < 1.29 is 4.79 Å². The Morgan fingerprint density at radius 1 is 1.27 bits per heavy atom. The number of carbonyl (C=O) groups is 1. The summed E-state index contributed by atoms with van der Waals surface area (Å²) >= 11 is 1.44. The fourth-order valence-electron chi connectivity index (χ4n) is 3.27. The highest BCUT2D eigenvalue weighted by atomic mass is 32.2. The lowest BCUT2D eigenvalue weighted by molar-refractivity contribution is -0.115. The van der Waals surface area contributed by atoms with Crippen LogP contribution in [0.15, 0.2) is 29.4 Å². The zero-order valence-corrected chi connectivity index (χ0v) is 15.9. The van der Waals surface area contributed by atoms with E-state index >= 15 is 0 Å². The Bertz CT molecular complexity index is 802. The van der Waals surface area contributed by atoms with Crippen LogP contribution in [0.5, 0.6) is 0 Å². The average Bonchev–Trinajstić information content (AvgIpc) is 3.03. The van der Waals surface area contributed by atoms with Crippen molar-refractivity contribution in [1.82, 2.24) is 14.8 Å². The largest absolute Gasteiger partial charge is 0.325 e. The molecule has 136 valence electrons. The lowest BCUT2D eigenvalue weighted by Gasteiger charge is -2.25. The third-order valence-electron chi connectivity index (χ3n) is 4.71. The second-order valence-electron chi connectivity index (χ2n) is 6.63. The summed E-state index contributed by atoms with van der Waals surface area (Å²) < 4.78 is 2.20. The van der Waals surface area contributed by atoms with E-state index in [2.05, 4.69) is 26.2 Å². The number of nitriles is 1. The molecule has 26 heavy (non-hydrogen) atoms. The first kappa shape index (κ1) is 18.5. The zero-order chi connectivity index (χ0) is 18.5. The summed E-state index contributed by atoms with van der Waals surface area (Å²) in [6.07, 6.45) is 6.07. The molecule has 1 atom stereocenters. The Morgan fingerprint density at radius 2 is 1.96 bits per heavy atom. The number of hydrogen-bond acceptors (Lipinski definition) is 5. The minimum absolute atomic E-state index is 0.0874. The first-order chi connectivity index (χ1) is 12.6. The van der Waals surface area contributed by atoms with Crippen LogP contribution in [0.2, 0.25) is 0 Å². The standard InChI is InChI=1S/C19H23N5OS/c1-13(18(25)21-16-10-8-15(12-20)9-11-16)26-19-23-22-14(2)24(19)17-6-4-3-5-7-17/h8-11,13,17H,3-7H2,1-2H3,(H,21,25)/t13-/m1/s1. The van der Waals surface area contributed by atoms with Crippen molar-refractivity contribution in [3.8, 4) is 6.07 Å². The summed E-state index contributed by atoms with van der Waals surface area (Å²) in [4.78, 5) is 12.5. The van der Waals surface area contributed by atoms with Gasteiger partial charge in [-0.3, -0.25) is 4.79 Å². The Balaban J connectivity index is 1.66. The van der Waals surface area contributed by atoms with Crippen LogP contribution in [0.1, 0.15) is 56.5 Å². The molecule has 1 aliphatic rings. The number of rotatable bonds is 5. The molecule has 0 unspecified atom stereocenters. The summed E-state index contributed by atoms with van der Waals surface area (Å²) in [5.74, 6) is 0.828. The fourth-order valence-corrected chi connectivity index (χ4v) is 4.24. The van der Waals surface area contributed by atoms with Gasteiger partial charge in [0.1, 0.15) is 5.82 Å². The van der Waals surface area contributed by atoms with E-state index in [1.54, 1.807) is 24.3 Å². The fraction of sp³-hybridized carbons (Fsp3) is 0.474. The van der Waals surface area contributed by atoms with Crippen LogP contribution >= 0.6 is 11.8 Å². The van der Waals surface area contributed by atoms with Crippen LogP contribution < -0.4 is 5.32 Å². The quantitative estimate of drug-likeness (QED) is 0.803. The van der Waals surface area contributed by atoms with Crippen molar-refractivity contribution in [2.75, 3.05) is 5.32 Å². The highest BCUT2D eigenvalue weighted by molar-refractivity contribution is 8.00. The number of anilines is 1. The van der Waals surface area contributed by atoms with E-state index in [0.717, 1.165) is 23.8 Å². The summed E-state index contributed by atoms with van der Waals surface area (Å²) in [6, 6.07) is 9.37. The van der Waals surface area contributed by atoms with E-state index in [0.29, 0.717) is 17.3 Å². The molecule has 7 heteroatoms. The number of aromatic nitrogens is 3. The second-order valence-corrected chi connectivity index (χ2v) is 7.94. The number of nitrogens with zero attached hydrogens (tertiary/aromatic N) is 4. The molecule has 1 amide bonds.